The highest BCUT2D eigenvalue weighted by Gasteiger charge is 2.55. The van der Waals surface area contributed by atoms with E-state index in [4.69, 9.17) is 0 Å². The lowest BCUT2D eigenvalue weighted by Crippen LogP contribution is -2.61. The van der Waals surface area contributed by atoms with Crippen LogP contribution in [-0.4, -0.2) is 59.1 Å². The lowest BCUT2D eigenvalue weighted by atomic mass is 9.52. The van der Waals surface area contributed by atoms with Crippen molar-refractivity contribution in [3.05, 3.63) is 11.3 Å². The Labute approximate surface area is 185 Å². The first-order valence-electron chi connectivity index (χ1n) is 12.3. The van der Waals surface area contributed by atoms with E-state index in [0.717, 1.165) is 69.0 Å². The second-order valence-electron chi connectivity index (χ2n) is 11.0. The van der Waals surface area contributed by atoms with Crippen molar-refractivity contribution in [2.75, 3.05) is 31.6 Å². The largest absolute Gasteiger partial charge is 0.390 e. The molecule has 3 N–H and O–H groups in total. The van der Waals surface area contributed by atoms with Gasteiger partial charge in [-0.2, -0.15) is 5.10 Å². The zero-order valence-corrected chi connectivity index (χ0v) is 19.4. The summed E-state index contributed by atoms with van der Waals surface area (Å²) >= 11 is 0. The number of anilines is 1. The van der Waals surface area contributed by atoms with Crippen molar-refractivity contribution < 1.29 is 9.90 Å². The van der Waals surface area contributed by atoms with Gasteiger partial charge >= 0.3 is 0 Å². The van der Waals surface area contributed by atoms with E-state index in [0.29, 0.717) is 23.4 Å². The van der Waals surface area contributed by atoms with Crippen LogP contribution in [0.1, 0.15) is 67.4 Å². The fraction of sp³-hybridized carbons (Fsp3) is 0.833. The molecule has 7 heteroatoms. The van der Waals surface area contributed by atoms with Crippen molar-refractivity contribution in [2.45, 2.75) is 69.9 Å². The second-order valence-corrected chi connectivity index (χ2v) is 11.0. The van der Waals surface area contributed by atoms with Crippen LogP contribution < -0.4 is 15.5 Å². The van der Waals surface area contributed by atoms with Crippen LogP contribution in [0.2, 0.25) is 0 Å². The van der Waals surface area contributed by atoms with Gasteiger partial charge in [0.25, 0.3) is 5.91 Å². The van der Waals surface area contributed by atoms with Crippen LogP contribution in [0.25, 0.3) is 0 Å². The van der Waals surface area contributed by atoms with Gasteiger partial charge in [-0.1, -0.05) is 0 Å². The zero-order valence-electron chi connectivity index (χ0n) is 19.4. The molecule has 0 radical (unpaired) electrons. The SMILES string of the molecule is Cc1c(C(=O)NC2C3CC4CC2CC(O)(C4)C3)nn(C)c1N(C)CCC1CCNCC1. The van der Waals surface area contributed by atoms with Crippen LogP contribution in [0.4, 0.5) is 5.82 Å². The number of piperidine rings is 1. The average Bonchev–Trinajstić information content (AvgIpc) is 3.02. The van der Waals surface area contributed by atoms with E-state index in [9.17, 15) is 9.90 Å². The van der Waals surface area contributed by atoms with Crippen LogP contribution in [0, 0.1) is 30.6 Å². The van der Waals surface area contributed by atoms with E-state index in [1.54, 1.807) is 0 Å². The van der Waals surface area contributed by atoms with E-state index in [1.165, 1.54) is 19.3 Å². The zero-order chi connectivity index (χ0) is 21.8. The third kappa shape index (κ3) is 3.99. The van der Waals surface area contributed by atoms with Crippen molar-refractivity contribution in [3.63, 3.8) is 0 Å². The maximum atomic E-state index is 13.3. The van der Waals surface area contributed by atoms with Crippen molar-refractivity contribution in [3.8, 4) is 0 Å². The molecule has 5 aliphatic rings. The van der Waals surface area contributed by atoms with Crippen LogP contribution in [0.5, 0.6) is 0 Å². The first-order valence-corrected chi connectivity index (χ1v) is 12.3. The molecule has 2 unspecified atom stereocenters. The number of carbonyl (C=O) groups excluding carboxylic acids is 1. The first-order chi connectivity index (χ1) is 14.8. The molecule has 1 aromatic rings. The van der Waals surface area contributed by atoms with Crippen LogP contribution in [-0.2, 0) is 7.05 Å². The number of rotatable bonds is 6. The molecule has 7 nitrogen and oxygen atoms in total. The summed E-state index contributed by atoms with van der Waals surface area (Å²) in [6.45, 7) is 5.27. The number of carbonyl (C=O) groups is 1. The summed E-state index contributed by atoms with van der Waals surface area (Å²) in [5, 5.41) is 22.2. The number of hydrogen-bond donors (Lipinski definition) is 3. The Kier molecular flexibility index (Phi) is 5.53. The Bertz CT molecular complexity index is 814. The van der Waals surface area contributed by atoms with Crippen LogP contribution >= 0.6 is 0 Å². The molecule has 1 aromatic heterocycles. The highest BCUT2D eigenvalue weighted by molar-refractivity contribution is 5.95. The number of amides is 1. The molecule has 31 heavy (non-hydrogen) atoms. The monoisotopic (exact) mass is 429 g/mol. The topological polar surface area (TPSA) is 82.4 Å². The molecule has 5 fully saturated rings. The Morgan fingerprint density at radius 2 is 1.94 bits per heavy atom. The fourth-order valence-electron chi connectivity index (χ4n) is 7.46. The summed E-state index contributed by atoms with van der Waals surface area (Å²) in [4.78, 5) is 15.5. The van der Waals surface area contributed by atoms with Gasteiger partial charge in [0.05, 0.1) is 5.60 Å². The van der Waals surface area contributed by atoms with E-state index >= 15 is 0 Å². The van der Waals surface area contributed by atoms with E-state index < -0.39 is 5.60 Å². The van der Waals surface area contributed by atoms with Gasteiger partial charge in [-0.3, -0.25) is 9.48 Å². The van der Waals surface area contributed by atoms with Gasteiger partial charge in [-0.25, -0.2) is 0 Å². The van der Waals surface area contributed by atoms with Gasteiger partial charge in [0, 0.05) is 32.2 Å². The number of nitrogens with zero attached hydrogens (tertiary/aromatic N) is 3. The number of nitrogens with one attached hydrogen (secondary N) is 2. The summed E-state index contributed by atoms with van der Waals surface area (Å²) < 4.78 is 1.87. The number of hydrogen-bond acceptors (Lipinski definition) is 5. The van der Waals surface area contributed by atoms with Gasteiger partial charge < -0.3 is 20.6 Å². The minimum atomic E-state index is -0.469. The predicted molar refractivity (Wildman–Crippen MR) is 121 cm³/mol. The third-order valence-corrected chi connectivity index (χ3v) is 8.69. The van der Waals surface area contributed by atoms with Crippen molar-refractivity contribution in [1.29, 1.82) is 0 Å². The lowest BCUT2D eigenvalue weighted by molar-refractivity contribution is -0.136. The molecular weight excluding hydrogens is 390 g/mol. The van der Waals surface area contributed by atoms with Crippen LogP contribution in [0.15, 0.2) is 0 Å². The molecule has 4 saturated carbocycles. The first kappa shape index (κ1) is 21.3. The van der Waals surface area contributed by atoms with E-state index in [2.05, 4.69) is 27.7 Å². The molecule has 1 saturated heterocycles. The quantitative estimate of drug-likeness (QED) is 0.646. The van der Waals surface area contributed by atoms with Gasteiger partial charge in [0.15, 0.2) is 5.69 Å². The number of aromatic nitrogens is 2. The molecule has 6 rings (SSSR count). The van der Waals surface area contributed by atoms with Crippen molar-refractivity contribution >= 4 is 11.7 Å². The molecule has 0 aromatic carbocycles. The molecule has 2 atom stereocenters. The van der Waals surface area contributed by atoms with Crippen molar-refractivity contribution in [1.82, 2.24) is 20.4 Å². The summed E-state index contributed by atoms with van der Waals surface area (Å²) in [5.74, 6) is 3.25. The normalized spacial score (nSPS) is 34.8. The summed E-state index contributed by atoms with van der Waals surface area (Å²) in [6.07, 6.45) is 8.64. The van der Waals surface area contributed by atoms with Gasteiger partial charge in [0.2, 0.25) is 0 Å². The van der Waals surface area contributed by atoms with E-state index in [-0.39, 0.29) is 11.9 Å². The van der Waals surface area contributed by atoms with Gasteiger partial charge in [-0.05, 0) is 95.1 Å². The third-order valence-electron chi connectivity index (χ3n) is 8.69. The molecule has 0 spiro atoms. The summed E-state index contributed by atoms with van der Waals surface area (Å²) in [6, 6.07) is 0.187. The minimum absolute atomic E-state index is 0.0458. The summed E-state index contributed by atoms with van der Waals surface area (Å²) in [5.41, 5.74) is 1.05. The van der Waals surface area contributed by atoms with Gasteiger partial charge in [-0.15, -0.1) is 0 Å². The second kappa shape index (κ2) is 8.07. The molecule has 172 valence electrons. The minimum Gasteiger partial charge on any atom is -0.390 e. The molecule has 1 amide bonds. The molecular formula is C24H39N5O2. The maximum Gasteiger partial charge on any atom is 0.272 e. The smallest absolute Gasteiger partial charge is 0.272 e. The molecule has 4 aliphatic carbocycles. The van der Waals surface area contributed by atoms with Crippen LogP contribution in [0.3, 0.4) is 0 Å². The predicted octanol–water partition coefficient (Wildman–Crippen LogP) is 2.22. The fourth-order valence-corrected chi connectivity index (χ4v) is 7.46. The molecule has 2 heterocycles. The maximum absolute atomic E-state index is 13.3. The van der Waals surface area contributed by atoms with E-state index in [1.807, 2.05) is 18.7 Å². The Morgan fingerprint density at radius 1 is 1.26 bits per heavy atom. The number of aliphatic hydroxyl groups is 1. The molecule has 1 aliphatic heterocycles. The Hall–Kier alpha value is -1.60. The summed E-state index contributed by atoms with van der Waals surface area (Å²) in [7, 11) is 4.06. The Balaban J connectivity index is 1.25. The average molecular weight is 430 g/mol. The highest BCUT2D eigenvalue weighted by Crippen LogP contribution is 2.55. The highest BCUT2D eigenvalue weighted by atomic mass is 16.3. The lowest BCUT2D eigenvalue weighted by Gasteiger charge is -2.58. The standard InChI is InChI=1S/C24H39N5O2/c1-15-20(27-29(3)23(15)28(2)9-6-16-4-7-25-8-5-16)22(30)26-21-18-10-17-11-19(21)14-24(31,12-17)13-18/h16-19,21,25,31H,4-14H2,1-3H3,(H,26,30). The number of aryl methyl sites for hydroxylation is 1. The van der Waals surface area contributed by atoms with Crippen molar-refractivity contribution in [2.24, 2.45) is 30.7 Å². The Morgan fingerprint density at radius 3 is 2.58 bits per heavy atom. The molecule has 4 bridgehead atoms. The van der Waals surface area contributed by atoms with Gasteiger partial charge in [0.1, 0.15) is 5.82 Å².